The molecule has 0 aromatic heterocycles. The first-order chi connectivity index (χ1) is 12.1. The van der Waals surface area contributed by atoms with Crippen molar-refractivity contribution in [1.82, 2.24) is 15.5 Å². The second-order valence-electron chi connectivity index (χ2n) is 5.87. The van der Waals surface area contributed by atoms with Crippen LogP contribution in [0, 0.1) is 0 Å². The Morgan fingerprint density at radius 1 is 1.15 bits per heavy atom. The molecule has 0 aliphatic rings. The molecule has 6 nitrogen and oxygen atoms in total. The average Bonchev–Trinajstić information content (AvgIpc) is 2.60. The number of likely N-dealkylation sites (N-methyl/N-ethyl adjacent to an activating group) is 1. The van der Waals surface area contributed by atoms with Crippen molar-refractivity contribution in [2.24, 2.45) is 4.99 Å². The summed E-state index contributed by atoms with van der Waals surface area (Å²) in [5.74, 6) is 0.790. The number of methoxy groups -OCH3 is 1. The van der Waals surface area contributed by atoms with Gasteiger partial charge in [0.1, 0.15) is 0 Å². The van der Waals surface area contributed by atoms with E-state index >= 15 is 0 Å². The lowest BCUT2D eigenvalue weighted by Crippen LogP contribution is -2.42. The normalized spacial score (nSPS) is 12.6. The van der Waals surface area contributed by atoms with Gasteiger partial charge in [-0.2, -0.15) is 0 Å². The van der Waals surface area contributed by atoms with Gasteiger partial charge < -0.3 is 25.0 Å². The smallest absolute Gasteiger partial charge is 0.191 e. The number of guanidine groups is 1. The highest BCUT2D eigenvalue weighted by Crippen LogP contribution is 2.19. The molecular formula is C18H32ClIN4O2. The lowest BCUT2D eigenvalue weighted by atomic mass is 10.1. The molecule has 0 amide bonds. The molecule has 1 rings (SSSR count). The molecule has 150 valence electrons. The van der Waals surface area contributed by atoms with Crippen LogP contribution < -0.4 is 10.6 Å². The Morgan fingerprint density at radius 2 is 1.85 bits per heavy atom. The van der Waals surface area contributed by atoms with E-state index in [1.165, 1.54) is 5.56 Å². The third-order valence-corrected chi connectivity index (χ3v) is 4.01. The Bertz CT molecular complexity index is 500. The van der Waals surface area contributed by atoms with Crippen molar-refractivity contribution in [3.8, 4) is 0 Å². The molecule has 1 aromatic carbocycles. The topological polar surface area (TPSA) is 58.1 Å². The summed E-state index contributed by atoms with van der Waals surface area (Å²) in [5, 5.41) is 7.43. The Hall–Kier alpha value is -0.610. The van der Waals surface area contributed by atoms with E-state index in [9.17, 15) is 0 Å². The van der Waals surface area contributed by atoms with Crippen molar-refractivity contribution >= 4 is 41.5 Å². The van der Waals surface area contributed by atoms with Gasteiger partial charge in [-0.15, -0.1) is 24.0 Å². The summed E-state index contributed by atoms with van der Waals surface area (Å²) >= 11 is 5.98. The van der Waals surface area contributed by atoms with Gasteiger partial charge in [0.25, 0.3) is 0 Å². The zero-order chi connectivity index (χ0) is 18.5. The van der Waals surface area contributed by atoms with E-state index in [2.05, 4.69) is 46.8 Å². The van der Waals surface area contributed by atoms with E-state index in [0.717, 1.165) is 30.5 Å². The van der Waals surface area contributed by atoms with Crippen LogP contribution in [0.4, 0.5) is 0 Å². The molecule has 0 bridgehead atoms. The van der Waals surface area contributed by atoms with Crippen LogP contribution in [-0.4, -0.2) is 72.0 Å². The van der Waals surface area contributed by atoms with Gasteiger partial charge in [-0.05, 0) is 38.2 Å². The Morgan fingerprint density at radius 3 is 2.42 bits per heavy atom. The fourth-order valence-corrected chi connectivity index (χ4v) is 2.45. The number of nitrogens with zero attached hydrogens (tertiary/aromatic N) is 2. The van der Waals surface area contributed by atoms with Crippen molar-refractivity contribution in [1.29, 1.82) is 0 Å². The second kappa shape index (κ2) is 15.4. The molecule has 0 aliphatic heterocycles. The van der Waals surface area contributed by atoms with E-state index in [1.807, 2.05) is 12.1 Å². The van der Waals surface area contributed by atoms with Crippen molar-refractivity contribution in [2.45, 2.75) is 12.5 Å². The second-order valence-corrected chi connectivity index (χ2v) is 6.31. The highest BCUT2D eigenvalue weighted by Gasteiger charge is 2.14. The molecule has 26 heavy (non-hydrogen) atoms. The summed E-state index contributed by atoms with van der Waals surface area (Å²) in [5.41, 5.74) is 1.21. The van der Waals surface area contributed by atoms with E-state index in [0.29, 0.717) is 19.8 Å². The molecule has 0 saturated carbocycles. The predicted octanol–water partition coefficient (Wildman–Crippen LogP) is 2.78. The summed E-state index contributed by atoms with van der Waals surface area (Å²) in [6.07, 6.45) is 0.915. The highest BCUT2D eigenvalue weighted by atomic mass is 127. The van der Waals surface area contributed by atoms with Gasteiger partial charge in [0.15, 0.2) is 5.96 Å². The summed E-state index contributed by atoms with van der Waals surface area (Å²) in [7, 11) is 7.58. The van der Waals surface area contributed by atoms with Crippen molar-refractivity contribution in [3.63, 3.8) is 0 Å². The minimum absolute atomic E-state index is 0. The lowest BCUT2D eigenvalue weighted by molar-refractivity contribution is 0.0698. The van der Waals surface area contributed by atoms with E-state index in [-0.39, 0.29) is 30.0 Å². The summed E-state index contributed by atoms with van der Waals surface area (Å²) in [4.78, 5) is 6.44. The molecule has 0 heterocycles. The molecule has 0 fully saturated rings. The summed E-state index contributed by atoms with van der Waals surface area (Å²) in [6.45, 7) is 3.53. The number of rotatable bonds is 11. The molecule has 1 atom stereocenters. The van der Waals surface area contributed by atoms with Crippen LogP contribution in [-0.2, 0) is 9.47 Å². The number of hydrogen-bond acceptors (Lipinski definition) is 4. The van der Waals surface area contributed by atoms with Gasteiger partial charge in [-0.1, -0.05) is 23.7 Å². The fourth-order valence-electron chi connectivity index (χ4n) is 2.32. The molecule has 0 saturated heterocycles. The molecule has 2 N–H and O–H groups in total. The Labute approximate surface area is 179 Å². The molecule has 8 heteroatoms. The quantitative estimate of drug-likeness (QED) is 0.213. The molecule has 1 aromatic rings. The summed E-state index contributed by atoms with van der Waals surface area (Å²) < 4.78 is 10.4. The maximum Gasteiger partial charge on any atom is 0.191 e. The van der Waals surface area contributed by atoms with Crippen LogP contribution in [0.3, 0.4) is 0 Å². The monoisotopic (exact) mass is 498 g/mol. The van der Waals surface area contributed by atoms with Crippen LogP contribution in [0.1, 0.15) is 18.0 Å². The lowest BCUT2D eigenvalue weighted by Gasteiger charge is -2.26. The summed E-state index contributed by atoms with van der Waals surface area (Å²) in [6, 6.07) is 8.19. The number of aliphatic imine (C=N–C) groups is 1. The third-order valence-electron chi connectivity index (χ3n) is 3.75. The van der Waals surface area contributed by atoms with Crippen LogP contribution >= 0.6 is 35.6 Å². The van der Waals surface area contributed by atoms with Crippen LogP contribution in [0.2, 0.25) is 5.02 Å². The fraction of sp³-hybridized carbons (Fsp3) is 0.611. The maximum atomic E-state index is 5.98. The Balaban J connectivity index is 0.00000625. The third kappa shape index (κ3) is 10.5. The van der Waals surface area contributed by atoms with Crippen molar-refractivity contribution < 1.29 is 9.47 Å². The van der Waals surface area contributed by atoms with Crippen molar-refractivity contribution in [3.05, 3.63) is 34.9 Å². The van der Waals surface area contributed by atoms with Crippen molar-refractivity contribution in [2.75, 3.05) is 61.2 Å². The predicted molar refractivity (Wildman–Crippen MR) is 120 cm³/mol. The molecule has 0 radical (unpaired) electrons. The number of hydrogen-bond donors (Lipinski definition) is 2. The van der Waals surface area contributed by atoms with E-state index in [4.69, 9.17) is 21.1 Å². The zero-order valence-electron chi connectivity index (χ0n) is 16.1. The number of benzene rings is 1. The molecule has 1 unspecified atom stereocenters. The number of nitrogens with one attached hydrogen (secondary N) is 2. The van der Waals surface area contributed by atoms with Gasteiger partial charge >= 0.3 is 0 Å². The van der Waals surface area contributed by atoms with Gasteiger partial charge in [0.05, 0.1) is 19.3 Å². The minimum Gasteiger partial charge on any atom is -0.382 e. The van der Waals surface area contributed by atoms with E-state index in [1.54, 1.807) is 14.2 Å². The number of ether oxygens (including phenoxy) is 2. The van der Waals surface area contributed by atoms with Gasteiger partial charge in [-0.25, -0.2) is 0 Å². The Kier molecular flexibility index (Phi) is 15.1. The largest absolute Gasteiger partial charge is 0.382 e. The first kappa shape index (κ1) is 25.4. The average molecular weight is 499 g/mol. The first-order valence-corrected chi connectivity index (χ1v) is 8.89. The molecule has 0 aliphatic carbocycles. The molecular weight excluding hydrogens is 467 g/mol. The maximum absolute atomic E-state index is 5.98. The van der Waals surface area contributed by atoms with Crippen LogP contribution in [0.5, 0.6) is 0 Å². The van der Waals surface area contributed by atoms with Gasteiger partial charge in [-0.3, -0.25) is 4.99 Å². The van der Waals surface area contributed by atoms with Crippen LogP contribution in [0.25, 0.3) is 0 Å². The minimum atomic E-state index is 0. The highest BCUT2D eigenvalue weighted by molar-refractivity contribution is 14.0. The van der Waals surface area contributed by atoms with Gasteiger partial charge in [0, 0.05) is 38.9 Å². The van der Waals surface area contributed by atoms with E-state index < -0.39 is 0 Å². The van der Waals surface area contributed by atoms with Gasteiger partial charge in [0.2, 0.25) is 0 Å². The SMILES string of the molecule is CN=C(NCCCOCCOC)NCC(c1ccc(Cl)cc1)N(C)C.I. The number of halogens is 2. The zero-order valence-corrected chi connectivity index (χ0v) is 19.2. The molecule has 0 spiro atoms. The van der Waals surface area contributed by atoms with Crippen LogP contribution in [0.15, 0.2) is 29.3 Å². The first-order valence-electron chi connectivity index (χ1n) is 8.51. The standard InChI is InChI=1S/C18H31ClN4O2.HI/c1-20-18(21-10-5-11-25-13-12-24-4)22-14-17(23(2)3)15-6-8-16(19)9-7-15;/h6-9,17H,5,10-14H2,1-4H3,(H2,20,21,22);1H.